The van der Waals surface area contributed by atoms with Crippen molar-refractivity contribution in [1.82, 2.24) is 39.9 Å². The first-order chi connectivity index (χ1) is 33.1. The average molecular weight is 972 g/mol. The number of nitrogens with zero attached hydrogens (tertiary/aromatic N) is 7. The lowest BCUT2D eigenvalue weighted by atomic mass is 9.88. The second kappa shape index (κ2) is 18.9. The van der Waals surface area contributed by atoms with Crippen LogP contribution in [-0.2, 0) is 27.9 Å². The molecule has 0 unspecified atom stereocenters. The third-order valence-corrected chi connectivity index (χ3v) is 12.8. The number of amides is 2. The van der Waals surface area contributed by atoms with Gasteiger partial charge in [0.15, 0.2) is 21.9 Å². The van der Waals surface area contributed by atoms with E-state index in [0.717, 1.165) is 25.0 Å². The Balaban J connectivity index is 0.763. The van der Waals surface area contributed by atoms with Gasteiger partial charge < -0.3 is 30.4 Å². The first kappa shape index (κ1) is 46.1. The molecule has 2 amide bonds. The monoisotopic (exact) mass is 971 g/mol. The van der Waals surface area contributed by atoms with Gasteiger partial charge in [0, 0.05) is 63.8 Å². The van der Waals surface area contributed by atoms with Crippen LogP contribution in [0.2, 0.25) is 5.02 Å². The minimum atomic E-state index is -4.91. The summed E-state index contributed by atoms with van der Waals surface area (Å²) in [5.41, 5.74) is 8.15. The second-order valence-corrected chi connectivity index (χ2v) is 18.1. The van der Waals surface area contributed by atoms with E-state index in [1.54, 1.807) is 48.0 Å². The maximum Gasteiger partial charge on any atom is 0.336 e. The molecular weight excluding hydrogens is 930 g/mol. The van der Waals surface area contributed by atoms with Gasteiger partial charge in [-0.25, -0.2) is 14.8 Å². The SMILES string of the molecule is Cc1c2oc3c(S(=O)(=O)O)c(N)ccc3c(-c3ccc(C(=O)NCCCCCCn4cc(CCCC(=O)Nc5nc6ccc(Cl)cc6c6nc(-c7ccco7)nn56)nn4)cc3C(=O)O)c-2ccc1=N. The summed E-state index contributed by atoms with van der Waals surface area (Å²) in [7, 11) is -4.91. The molecular formula is C47H42ClN11O9S. The first-order valence-electron chi connectivity index (χ1n) is 21.7. The van der Waals surface area contributed by atoms with E-state index in [4.69, 9.17) is 31.6 Å². The van der Waals surface area contributed by atoms with Crippen LogP contribution in [0.15, 0.2) is 99.0 Å². The summed E-state index contributed by atoms with van der Waals surface area (Å²) in [6.45, 7) is 2.57. The number of rotatable bonds is 17. The van der Waals surface area contributed by atoms with Gasteiger partial charge in [0.25, 0.3) is 16.0 Å². The minimum Gasteiger partial charge on any atom is -0.478 e. The molecule has 1 aliphatic heterocycles. The number of furan rings is 1. The van der Waals surface area contributed by atoms with Gasteiger partial charge in [-0.15, -0.1) is 10.2 Å². The predicted molar refractivity (Wildman–Crippen MR) is 253 cm³/mol. The highest BCUT2D eigenvalue weighted by Crippen LogP contribution is 2.45. The Labute approximate surface area is 396 Å². The Morgan fingerprint density at radius 1 is 0.942 bits per heavy atom. The molecule has 0 fully saturated rings. The highest BCUT2D eigenvalue weighted by atomic mass is 35.5. The van der Waals surface area contributed by atoms with Crippen LogP contribution in [0.5, 0.6) is 0 Å². The molecule has 69 heavy (non-hydrogen) atoms. The highest BCUT2D eigenvalue weighted by molar-refractivity contribution is 7.86. The van der Waals surface area contributed by atoms with Crippen LogP contribution in [0.25, 0.3) is 61.6 Å². The van der Waals surface area contributed by atoms with Gasteiger partial charge in [-0.1, -0.05) is 35.7 Å². The highest BCUT2D eigenvalue weighted by Gasteiger charge is 2.29. The first-order valence-corrected chi connectivity index (χ1v) is 23.5. The summed E-state index contributed by atoms with van der Waals surface area (Å²) in [5, 5.41) is 38.9. The molecule has 0 radical (unpaired) electrons. The van der Waals surface area contributed by atoms with Gasteiger partial charge in [0.05, 0.1) is 34.1 Å². The Bertz CT molecular complexity index is 3630. The van der Waals surface area contributed by atoms with E-state index >= 15 is 0 Å². The lowest BCUT2D eigenvalue weighted by Crippen LogP contribution is -2.24. The van der Waals surface area contributed by atoms with Crippen molar-refractivity contribution in [3.05, 3.63) is 118 Å². The normalized spacial score (nSPS) is 11.8. The molecule has 3 aromatic carbocycles. The summed E-state index contributed by atoms with van der Waals surface area (Å²) in [4.78, 5) is 47.7. The molecule has 20 nitrogen and oxygen atoms in total. The number of aromatic nitrogens is 7. The van der Waals surface area contributed by atoms with Crippen LogP contribution in [0.3, 0.4) is 0 Å². The molecule has 22 heteroatoms. The fourth-order valence-corrected chi connectivity index (χ4v) is 9.11. The average Bonchev–Trinajstić information content (AvgIpc) is 4.12. The molecule has 0 saturated carbocycles. The van der Waals surface area contributed by atoms with Gasteiger partial charge in [-0.3, -0.25) is 24.1 Å². The number of hydrogen-bond acceptors (Lipinski definition) is 14. The summed E-state index contributed by atoms with van der Waals surface area (Å²) >= 11 is 6.27. The summed E-state index contributed by atoms with van der Waals surface area (Å²) in [6, 6.07) is 18.7. The number of aryl methyl sites for hydroxylation is 2. The summed E-state index contributed by atoms with van der Waals surface area (Å²) in [5.74, 6) is -0.970. The summed E-state index contributed by atoms with van der Waals surface area (Å²) < 4.78 is 49.8. The zero-order chi connectivity index (χ0) is 48.6. The number of anilines is 2. The standard InChI is InChI=1S/C47H42ClN11O9S/c1-25-34(49)16-14-30-39(31-15-17-35(50)42(69(64,65)66)41(31)68-40(25)30)29-13-11-26(22-32(29)46(62)63)45(61)51-19-4-2-3-5-20-58-24-28(55-57-58)8-6-10-38(60)53-47-52-36-18-12-27(48)23-33(36)44-54-43(56-59(44)47)37-9-7-21-67-37/h7,9,11-18,21-24,49H,2-6,8,10,19-20,50H2,1H3,(H,51,61)(H,62,63)(H,52,53,60)(H,64,65,66). The predicted octanol–water partition coefficient (Wildman–Crippen LogP) is 7.57. The van der Waals surface area contributed by atoms with Crippen molar-refractivity contribution in [2.75, 3.05) is 17.6 Å². The Hall–Kier alpha value is -8.01. The van der Waals surface area contributed by atoms with E-state index in [1.807, 2.05) is 6.20 Å². The lowest BCUT2D eigenvalue weighted by molar-refractivity contribution is -0.116. The molecule has 7 aromatic rings. The number of unbranched alkanes of at least 4 members (excludes halogenated alkanes) is 3. The Kier molecular flexibility index (Phi) is 12.7. The smallest absolute Gasteiger partial charge is 0.336 e. The number of carboxylic acid groups (broad SMARTS) is 1. The lowest BCUT2D eigenvalue weighted by Gasteiger charge is -2.20. The summed E-state index contributed by atoms with van der Waals surface area (Å²) in [6.07, 6.45) is 7.75. The number of fused-ring (bicyclic) bond motifs is 5. The van der Waals surface area contributed by atoms with Gasteiger partial charge >= 0.3 is 5.97 Å². The van der Waals surface area contributed by atoms with Crippen molar-refractivity contribution in [2.24, 2.45) is 0 Å². The van der Waals surface area contributed by atoms with Crippen LogP contribution in [0.1, 0.15) is 70.5 Å². The molecule has 0 spiro atoms. The van der Waals surface area contributed by atoms with Gasteiger partial charge in [0.1, 0.15) is 5.76 Å². The van der Waals surface area contributed by atoms with Crippen molar-refractivity contribution in [3.63, 3.8) is 0 Å². The van der Waals surface area contributed by atoms with E-state index in [9.17, 15) is 32.5 Å². The molecule has 0 atom stereocenters. The third kappa shape index (κ3) is 9.47. The van der Waals surface area contributed by atoms with Crippen molar-refractivity contribution >= 4 is 78.7 Å². The number of benzene rings is 4. The van der Waals surface area contributed by atoms with Gasteiger partial charge in [0.2, 0.25) is 17.7 Å². The molecule has 1 aliphatic carbocycles. The maximum absolute atomic E-state index is 13.3. The number of carboxylic acids is 1. The molecule has 352 valence electrons. The van der Waals surface area contributed by atoms with Crippen molar-refractivity contribution < 1.29 is 41.3 Å². The quantitative estimate of drug-likeness (QED) is 0.0222. The second-order valence-electron chi connectivity index (χ2n) is 16.3. The number of carbonyl (C=O) groups is 3. The maximum atomic E-state index is 13.3. The van der Waals surface area contributed by atoms with Crippen LogP contribution in [0, 0.1) is 12.3 Å². The van der Waals surface area contributed by atoms with Crippen molar-refractivity contribution in [2.45, 2.75) is 63.3 Å². The zero-order valence-electron chi connectivity index (χ0n) is 36.7. The van der Waals surface area contributed by atoms with E-state index in [-0.39, 0.29) is 68.3 Å². The number of halogens is 1. The topological polar surface area (TPSA) is 300 Å². The van der Waals surface area contributed by atoms with E-state index in [0.29, 0.717) is 76.6 Å². The number of nitrogens with two attached hydrogens (primary N) is 1. The molecule has 7 N–H and O–H groups in total. The Morgan fingerprint density at radius 3 is 2.54 bits per heavy atom. The van der Waals surface area contributed by atoms with E-state index in [2.05, 4.69) is 36.0 Å². The van der Waals surface area contributed by atoms with E-state index in [1.165, 1.54) is 47.2 Å². The Morgan fingerprint density at radius 2 is 1.75 bits per heavy atom. The molecule has 4 aromatic heterocycles. The van der Waals surface area contributed by atoms with Crippen LogP contribution in [-0.4, -0.2) is 77.0 Å². The molecule has 2 aliphatic rings. The minimum absolute atomic E-state index is 0.0814. The number of aromatic carboxylic acids is 1. The van der Waals surface area contributed by atoms with Crippen molar-refractivity contribution in [3.8, 4) is 34.0 Å². The largest absolute Gasteiger partial charge is 0.478 e. The third-order valence-electron chi connectivity index (χ3n) is 11.6. The number of hydrogen-bond donors (Lipinski definition) is 6. The number of nitrogen functional groups attached to an aromatic ring is 1. The molecule has 0 bridgehead atoms. The fourth-order valence-electron chi connectivity index (χ4n) is 8.19. The molecule has 5 heterocycles. The van der Waals surface area contributed by atoms with Gasteiger partial charge in [-0.05, 0) is 105 Å². The zero-order valence-corrected chi connectivity index (χ0v) is 38.3. The van der Waals surface area contributed by atoms with Gasteiger partial charge in [-0.2, -0.15) is 12.9 Å². The number of nitrogens with one attached hydrogen (secondary N) is 3. The molecule has 0 saturated heterocycles. The van der Waals surface area contributed by atoms with Crippen LogP contribution in [0.4, 0.5) is 11.6 Å². The number of carbonyl (C=O) groups excluding carboxylic acids is 2. The fraction of sp³-hybridized carbons (Fsp3) is 0.213. The van der Waals surface area contributed by atoms with Crippen molar-refractivity contribution in [1.29, 1.82) is 5.41 Å². The van der Waals surface area contributed by atoms with Crippen LogP contribution < -0.4 is 21.7 Å². The van der Waals surface area contributed by atoms with E-state index < -0.39 is 26.9 Å². The molecule has 9 rings (SSSR count). The van der Waals surface area contributed by atoms with Crippen LogP contribution >= 0.6 is 11.6 Å².